The van der Waals surface area contributed by atoms with E-state index in [0.717, 1.165) is 12.8 Å². The van der Waals surface area contributed by atoms with Gasteiger partial charge in [-0.05, 0) is 36.5 Å². The topological polar surface area (TPSA) is 20.2 Å². The highest BCUT2D eigenvalue weighted by Crippen LogP contribution is 2.32. The summed E-state index contributed by atoms with van der Waals surface area (Å²) in [6.45, 7) is 6.58. The predicted molar refractivity (Wildman–Crippen MR) is 70.5 cm³/mol. The smallest absolute Gasteiger partial charge is 0.115 e. The lowest BCUT2D eigenvalue weighted by atomic mass is 9.84. The third kappa shape index (κ3) is 3.26. The van der Waals surface area contributed by atoms with Crippen molar-refractivity contribution in [3.63, 3.8) is 0 Å². The van der Waals surface area contributed by atoms with E-state index in [9.17, 15) is 5.11 Å². The van der Waals surface area contributed by atoms with E-state index in [4.69, 9.17) is 0 Å². The van der Waals surface area contributed by atoms with E-state index in [-0.39, 0.29) is 0 Å². The molecule has 1 aliphatic rings. The van der Waals surface area contributed by atoms with Gasteiger partial charge in [0.2, 0.25) is 0 Å². The van der Waals surface area contributed by atoms with E-state index in [2.05, 4.69) is 32.9 Å². The summed E-state index contributed by atoms with van der Waals surface area (Å²) in [5.41, 5.74) is 2.58. The minimum Gasteiger partial charge on any atom is -0.508 e. The molecule has 1 rings (SSSR count). The number of hydrogen-bond donors (Lipinski definition) is 1. The van der Waals surface area contributed by atoms with Crippen LogP contribution in [0.4, 0.5) is 0 Å². The molecule has 0 spiro atoms. The summed E-state index contributed by atoms with van der Waals surface area (Å²) in [4.78, 5) is 0. The lowest BCUT2D eigenvalue weighted by molar-refractivity contribution is 0.409. The highest BCUT2D eigenvalue weighted by Gasteiger charge is 2.18. The Hall–Kier alpha value is -0.980. The Balaban J connectivity index is 2.77. The molecule has 0 bridgehead atoms. The summed E-state index contributed by atoms with van der Waals surface area (Å²) in [6.07, 6.45) is 11.9. The Morgan fingerprint density at radius 2 is 2.00 bits per heavy atom. The van der Waals surface area contributed by atoms with Gasteiger partial charge in [0.1, 0.15) is 5.76 Å². The van der Waals surface area contributed by atoms with Crippen LogP contribution < -0.4 is 0 Å². The minimum absolute atomic E-state index is 0.392. The quantitative estimate of drug-likeness (QED) is 0.697. The lowest BCUT2D eigenvalue weighted by Crippen LogP contribution is -2.09. The second-order valence-electron chi connectivity index (χ2n) is 4.56. The van der Waals surface area contributed by atoms with Crippen LogP contribution in [0.1, 0.15) is 52.9 Å². The van der Waals surface area contributed by atoms with E-state index < -0.39 is 0 Å². The van der Waals surface area contributed by atoms with Crippen LogP contribution in [0.15, 0.2) is 35.1 Å². The minimum atomic E-state index is 0.392. The van der Waals surface area contributed by atoms with E-state index in [1.165, 1.54) is 30.4 Å². The fourth-order valence-corrected chi connectivity index (χ4v) is 2.12. The summed E-state index contributed by atoms with van der Waals surface area (Å²) < 4.78 is 0. The SMILES string of the molecule is CCCC=C1C=CC(O)=C(CCCC)C1C. The molecule has 16 heavy (non-hydrogen) atoms. The first-order chi connectivity index (χ1) is 7.70. The molecule has 1 atom stereocenters. The third-order valence-corrected chi connectivity index (χ3v) is 3.25. The van der Waals surface area contributed by atoms with Crippen molar-refractivity contribution in [1.29, 1.82) is 0 Å². The van der Waals surface area contributed by atoms with Gasteiger partial charge in [0.05, 0.1) is 0 Å². The maximum Gasteiger partial charge on any atom is 0.115 e. The molecule has 0 aromatic rings. The van der Waals surface area contributed by atoms with Gasteiger partial charge in [0.15, 0.2) is 0 Å². The summed E-state index contributed by atoms with van der Waals surface area (Å²) in [7, 11) is 0. The third-order valence-electron chi connectivity index (χ3n) is 3.25. The summed E-state index contributed by atoms with van der Waals surface area (Å²) in [5, 5.41) is 9.87. The van der Waals surface area contributed by atoms with E-state index in [0.29, 0.717) is 11.7 Å². The van der Waals surface area contributed by atoms with Crippen LogP contribution in [0.5, 0.6) is 0 Å². The summed E-state index contributed by atoms with van der Waals surface area (Å²) in [5.74, 6) is 0.887. The second-order valence-corrected chi connectivity index (χ2v) is 4.56. The van der Waals surface area contributed by atoms with Gasteiger partial charge >= 0.3 is 0 Å². The molecule has 1 aliphatic carbocycles. The van der Waals surface area contributed by atoms with Crippen molar-refractivity contribution in [2.75, 3.05) is 0 Å². The Morgan fingerprint density at radius 1 is 1.25 bits per heavy atom. The molecular formula is C15H24O. The number of unbranched alkanes of at least 4 members (excludes halogenated alkanes) is 2. The highest BCUT2D eigenvalue weighted by atomic mass is 16.3. The fraction of sp³-hybridized carbons (Fsp3) is 0.600. The van der Waals surface area contributed by atoms with Gasteiger partial charge in [0.25, 0.3) is 0 Å². The summed E-state index contributed by atoms with van der Waals surface area (Å²) >= 11 is 0. The average Bonchev–Trinajstić information content (AvgIpc) is 2.28. The van der Waals surface area contributed by atoms with E-state index >= 15 is 0 Å². The van der Waals surface area contributed by atoms with Crippen molar-refractivity contribution in [3.05, 3.63) is 35.1 Å². The van der Waals surface area contributed by atoms with Gasteiger partial charge in [-0.15, -0.1) is 0 Å². The monoisotopic (exact) mass is 220 g/mol. The van der Waals surface area contributed by atoms with Crippen molar-refractivity contribution in [2.24, 2.45) is 5.92 Å². The van der Waals surface area contributed by atoms with Gasteiger partial charge in [-0.2, -0.15) is 0 Å². The first-order valence-corrected chi connectivity index (χ1v) is 6.50. The second kappa shape index (κ2) is 6.57. The number of aliphatic hydroxyl groups is 1. The molecular weight excluding hydrogens is 196 g/mol. The molecule has 0 aliphatic heterocycles. The maximum atomic E-state index is 9.87. The van der Waals surface area contributed by atoms with Crippen LogP contribution in [-0.2, 0) is 0 Å². The molecule has 0 amide bonds. The molecule has 1 heteroatoms. The molecule has 1 unspecified atom stereocenters. The van der Waals surface area contributed by atoms with Crippen molar-refractivity contribution in [1.82, 2.24) is 0 Å². The van der Waals surface area contributed by atoms with E-state index in [1.807, 2.05) is 6.08 Å². The number of rotatable bonds is 5. The zero-order valence-corrected chi connectivity index (χ0v) is 10.8. The predicted octanol–water partition coefficient (Wildman–Crippen LogP) is 4.92. The standard InChI is InChI=1S/C15H24O/c1-4-6-8-13-10-11-15(16)14(12(13)3)9-7-5-2/h8,10-12,16H,4-7,9H2,1-3H3. The molecule has 0 fully saturated rings. The molecule has 0 radical (unpaired) electrons. The molecule has 0 aromatic carbocycles. The van der Waals surface area contributed by atoms with Crippen molar-refractivity contribution < 1.29 is 5.11 Å². The normalized spacial score (nSPS) is 23.2. The Labute approximate surface area is 99.6 Å². The maximum absolute atomic E-state index is 9.87. The Morgan fingerprint density at radius 3 is 2.62 bits per heavy atom. The number of allylic oxidation sites excluding steroid dienone is 5. The van der Waals surface area contributed by atoms with E-state index in [1.54, 1.807) is 0 Å². The largest absolute Gasteiger partial charge is 0.508 e. The zero-order valence-electron chi connectivity index (χ0n) is 10.8. The van der Waals surface area contributed by atoms with Crippen molar-refractivity contribution >= 4 is 0 Å². The van der Waals surface area contributed by atoms with Crippen LogP contribution >= 0.6 is 0 Å². The van der Waals surface area contributed by atoms with Crippen LogP contribution in [0, 0.1) is 5.92 Å². The van der Waals surface area contributed by atoms with Gasteiger partial charge in [0, 0.05) is 5.92 Å². The molecule has 0 heterocycles. The fourth-order valence-electron chi connectivity index (χ4n) is 2.12. The van der Waals surface area contributed by atoms with Gasteiger partial charge in [-0.3, -0.25) is 0 Å². The highest BCUT2D eigenvalue weighted by molar-refractivity contribution is 5.40. The lowest BCUT2D eigenvalue weighted by Gasteiger charge is -2.22. The number of hydrogen-bond acceptors (Lipinski definition) is 1. The Kier molecular flexibility index (Phi) is 5.37. The molecule has 0 saturated carbocycles. The van der Waals surface area contributed by atoms with Crippen molar-refractivity contribution in [2.45, 2.75) is 52.9 Å². The zero-order chi connectivity index (χ0) is 12.0. The van der Waals surface area contributed by atoms with Crippen LogP contribution in [0.25, 0.3) is 0 Å². The van der Waals surface area contributed by atoms with Crippen molar-refractivity contribution in [3.8, 4) is 0 Å². The van der Waals surface area contributed by atoms with Gasteiger partial charge < -0.3 is 5.11 Å². The number of aliphatic hydroxyl groups excluding tert-OH is 1. The van der Waals surface area contributed by atoms with Crippen LogP contribution in [-0.4, -0.2) is 5.11 Å². The van der Waals surface area contributed by atoms with Crippen LogP contribution in [0.2, 0.25) is 0 Å². The first-order valence-electron chi connectivity index (χ1n) is 6.50. The van der Waals surface area contributed by atoms with Gasteiger partial charge in [-0.25, -0.2) is 0 Å². The molecule has 90 valence electrons. The first kappa shape index (κ1) is 13.1. The molecule has 0 saturated heterocycles. The van der Waals surface area contributed by atoms with Gasteiger partial charge in [-0.1, -0.05) is 45.8 Å². The summed E-state index contributed by atoms with van der Waals surface area (Å²) in [6, 6.07) is 0. The van der Waals surface area contributed by atoms with Crippen LogP contribution in [0.3, 0.4) is 0 Å². The molecule has 0 aromatic heterocycles. The molecule has 1 nitrogen and oxygen atoms in total. The average molecular weight is 220 g/mol. The molecule has 1 N–H and O–H groups in total. The Bertz CT molecular complexity index is 307.